The molecule has 1 spiro atoms. The van der Waals surface area contributed by atoms with Gasteiger partial charge in [-0.1, -0.05) is 82.8 Å². The fourth-order valence-electron chi connectivity index (χ4n) is 18.1. The van der Waals surface area contributed by atoms with Crippen LogP contribution in [-0.4, -0.2) is 91.1 Å². The van der Waals surface area contributed by atoms with Crippen molar-refractivity contribution in [2.75, 3.05) is 7.05 Å². The molecule has 1 aromatic carbocycles. The van der Waals surface area contributed by atoms with Gasteiger partial charge in [0.2, 0.25) is 0 Å². The minimum absolute atomic E-state index is 0.101. The molecule has 9 aliphatic rings. The van der Waals surface area contributed by atoms with Crippen LogP contribution >= 0.6 is 0 Å². The number of ether oxygens (including phenoxy) is 1. The van der Waals surface area contributed by atoms with E-state index in [9.17, 15) is 40.2 Å². The summed E-state index contributed by atoms with van der Waals surface area (Å²) in [4.78, 5) is 28.2. The molecule has 10 heteroatoms. The van der Waals surface area contributed by atoms with Crippen LogP contribution < -0.4 is 5.32 Å². The Balaban J connectivity index is 1.15. The first-order valence-electron chi connectivity index (χ1n) is 25.6. The van der Waals surface area contributed by atoms with Crippen LogP contribution in [0.25, 0.3) is 0 Å². The number of aliphatic hydroxyl groups excluding tert-OH is 3. The predicted octanol–water partition coefficient (Wildman–Crippen LogP) is 5.93. The molecule has 350 valence electrons. The van der Waals surface area contributed by atoms with Crippen molar-refractivity contribution in [1.29, 1.82) is 0 Å². The number of aldehydes is 1. The molecule has 10 nitrogen and oxygen atoms in total. The predicted molar refractivity (Wildman–Crippen MR) is 241 cm³/mol. The molecule has 4 bridgehead atoms. The van der Waals surface area contributed by atoms with Crippen molar-refractivity contribution in [3.05, 3.63) is 46.5 Å². The summed E-state index contributed by atoms with van der Waals surface area (Å²) in [6, 6.07) is 5.64. The number of fused-ring (bicyclic) bond motifs is 7. The van der Waals surface area contributed by atoms with E-state index in [0.29, 0.717) is 63.2 Å². The molecule has 0 radical (unpaired) electrons. The SMILES string of the molecule is CCCCC[C@@H]1C[C@]2(C=O)[C@H]3CC[C@@]45CCC#Cc6cccc(CO)c6C[C@@H](NC)[C@H]6C[C@@H](C[C@]4(O)[C@]3(O)[C@H](O)[C@H]3C[C@@H]([C@@H](C)C4CCCC4)CC[C@@H]([C@H]1O)[C@@]32O)[C@@H]5C1=CC(=O)O[C@@H]16. The number of hydrogen-bond donors (Lipinski definition) is 7. The minimum atomic E-state index is -2.20. The minimum Gasteiger partial charge on any atom is -0.454 e. The highest BCUT2D eigenvalue weighted by Gasteiger charge is 2.85. The van der Waals surface area contributed by atoms with Crippen molar-refractivity contribution in [2.24, 2.45) is 70.0 Å². The summed E-state index contributed by atoms with van der Waals surface area (Å²) >= 11 is 0. The molecule has 0 saturated heterocycles. The van der Waals surface area contributed by atoms with E-state index in [1.54, 1.807) is 6.08 Å². The molecule has 0 amide bonds. The summed E-state index contributed by atoms with van der Waals surface area (Å²) in [6.45, 7) is 4.33. The topological polar surface area (TPSA) is 177 Å². The van der Waals surface area contributed by atoms with Crippen molar-refractivity contribution >= 4 is 12.3 Å². The molecule has 1 aromatic rings. The zero-order valence-corrected chi connectivity index (χ0v) is 38.5. The molecule has 7 saturated carbocycles. The van der Waals surface area contributed by atoms with Gasteiger partial charge >= 0.3 is 5.97 Å². The summed E-state index contributed by atoms with van der Waals surface area (Å²) in [5, 5.41) is 82.7. The molecule has 1 heterocycles. The normalized spacial score (nSPS) is 47.4. The third-order valence-corrected chi connectivity index (χ3v) is 20.9. The van der Waals surface area contributed by atoms with Gasteiger partial charge in [0.05, 0.1) is 29.8 Å². The number of nitrogens with one attached hydrogen (secondary N) is 1. The third-order valence-electron chi connectivity index (χ3n) is 20.9. The summed E-state index contributed by atoms with van der Waals surface area (Å²) in [7, 11) is 1.91. The highest BCUT2D eigenvalue weighted by molar-refractivity contribution is 5.86. The fraction of sp³-hybridized carbons (Fsp3) is 0.778. The lowest BCUT2D eigenvalue weighted by molar-refractivity contribution is -0.379. The van der Waals surface area contributed by atoms with Gasteiger partial charge in [0.1, 0.15) is 23.6 Å². The zero-order valence-electron chi connectivity index (χ0n) is 38.5. The van der Waals surface area contributed by atoms with Crippen LogP contribution in [-0.2, 0) is 27.4 Å². The molecule has 8 aliphatic carbocycles. The van der Waals surface area contributed by atoms with Crippen molar-refractivity contribution in [3.8, 4) is 11.8 Å². The Kier molecular flexibility index (Phi) is 11.7. The Labute approximate surface area is 380 Å². The molecule has 7 fully saturated rings. The lowest BCUT2D eigenvalue weighted by atomic mass is 9.34. The average molecular weight is 882 g/mol. The Hall–Kier alpha value is -2.62. The number of aliphatic hydroxyl groups is 6. The van der Waals surface area contributed by atoms with E-state index in [0.717, 1.165) is 67.1 Å². The third kappa shape index (κ3) is 6.08. The Morgan fingerprint density at radius 3 is 2.50 bits per heavy atom. The second-order valence-corrected chi connectivity index (χ2v) is 22.8. The van der Waals surface area contributed by atoms with Crippen molar-refractivity contribution < 1.29 is 45.0 Å². The number of unbranched alkanes of at least 4 members (excludes halogenated alkanes) is 2. The second-order valence-electron chi connectivity index (χ2n) is 22.8. The van der Waals surface area contributed by atoms with Crippen LogP contribution in [0.5, 0.6) is 0 Å². The summed E-state index contributed by atoms with van der Waals surface area (Å²) < 4.78 is 6.27. The first-order chi connectivity index (χ1) is 30.8. The van der Waals surface area contributed by atoms with Gasteiger partial charge < -0.3 is 45.5 Å². The lowest BCUT2D eigenvalue weighted by Gasteiger charge is -2.73. The molecule has 64 heavy (non-hydrogen) atoms. The van der Waals surface area contributed by atoms with Gasteiger partial charge in [0.15, 0.2) is 0 Å². The van der Waals surface area contributed by atoms with E-state index in [-0.39, 0.29) is 61.5 Å². The molecular weight excluding hydrogens is 807 g/mol. The molecule has 1 aliphatic heterocycles. The van der Waals surface area contributed by atoms with E-state index in [1.807, 2.05) is 25.2 Å². The number of hydrogen-bond acceptors (Lipinski definition) is 10. The van der Waals surface area contributed by atoms with Gasteiger partial charge in [-0.3, -0.25) is 0 Å². The maximum Gasteiger partial charge on any atom is 0.331 e. The van der Waals surface area contributed by atoms with Gasteiger partial charge in [-0.05, 0) is 136 Å². The first-order valence-corrected chi connectivity index (χ1v) is 25.6. The quantitative estimate of drug-likeness (QED) is 0.0682. The molecule has 18 atom stereocenters. The molecule has 0 unspecified atom stereocenters. The van der Waals surface area contributed by atoms with Gasteiger partial charge in [-0.2, -0.15) is 0 Å². The molecule has 10 rings (SSSR count). The standard InChI is InChI=1S/C54H75NO9/c1-4-5-6-15-35-27-51(30-57)44-20-22-50-21-10-9-14-33-16-11-17-36(29-56)38(33)25-43(55-3)39-23-37(46(50)40-26-45(58)64-48(39)40)28-52(50,61)54(44,63)49(60)42-24-34(31(2)32-12-7-8-13-32)18-19-41(47(35)59)53(42,51)62/h11,16-17,26,30-32,34-35,37,39,41-44,46-49,55-56,59-63H,4-8,10,12-13,15,18-25,27-29H2,1-3H3/t31-,34-,35+,37-,39+,41-,42+,43+,44+,46+,47-,48+,49+,50+,51-,52+,53+,54+/m0/s1. The van der Waals surface area contributed by atoms with Crippen molar-refractivity contribution in [3.63, 3.8) is 0 Å². The highest BCUT2D eigenvalue weighted by atomic mass is 16.5. The van der Waals surface area contributed by atoms with Crippen molar-refractivity contribution in [1.82, 2.24) is 5.32 Å². The van der Waals surface area contributed by atoms with Crippen LogP contribution in [0.15, 0.2) is 29.8 Å². The Bertz CT molecular complexity index is 2070. The lowest BCUT2D eigenvalue weighted by Crippen LogP contribution is -2.85. The van der Waals surface area contributed by atoms with E-state index in [1.165, 1.54) is 12.8 Å². The molecular formula is C54H75NO9. The number of rotatable bonds is 9. The second kappa shape index (κ2) is 16.6. The zero-order chi connectivity index (χ0) is 45.0. The number of carbonyl (C=O) groups excluding carboxylic acids is 2. The monoisotopic (exact) mass is 882 g/mol. The smallest absolute Gasteiger partial charge is 0.331 e. The van der Waals surface area contributed by atoms with Crippen LogP contribution in [0.2, 0.25) is 0 Å². The number of carbonyl (C=O) groups is 2. The number of likely N-dealkylation sites (N-methyl/N-ethyl adjacent to an activating group) is 1. The van der Waals surface area contributed by atoms with Gasteiger partial charge in [0, 0.05) is 53.2 Å². The van der Waals surface area contributed by atoms with E-state index >= 15 is 0 Å². The van der Waals surface area contributed by atoms with Gasteiger partial charge in [0.25, 0.3) is 0 Å². The fourth-order valence-corrected chi connectivity index (χ4v) is 18.1. The van der Waals surface area contributed by atoms with Gasteiger partial charge in [-0.25, -0.2) is 4.79 Å². The first kappa shape index (κ1) is 45.2. The van der Waals surface area contributed by atoms with Crippen LogP contribution in [0, 0.1) is 81.8 Å². The number of esters is 1. The van der Waals surface area contributed by atoms with E-state index in [4.69, 9.17) is 4.74 Å². The highest BCUT2D eigenvalue weighted by Crippen LogP contribution is 2.78. The van der Waals surface area contributed by atoms with Crippen LogP contribution in [0.4, 0.5) is 0 Å². The van der Waals surface area contributed by atoms with E-state index < -0.39 is 69.7 Å². The summed E-state index contributed by atoms with van der Waals surface area (Å²) in [5.74, 6) is 3.80. The van der Waals surface area contributed by atoms with Crippen LogP contribution in [0.1, 0.15) is 146 Å². The Morgan fingerprint density at radius 2 is 1.77 bits per heavy atom. The Morgan fingerprint density at radius 1 is 0.969 bits per heavy atom. The number of benzene rings is 1. The van der Waals surface area contributed by atoms with E-state index in [2.05, 4.69) is 31.0 Å². The molecule has 0 aromatic heterocycles. The average Bonchev–Trinajstić information content (AvgIpc) is 4.00. The molecule has 7 N–H and O–H groups in total. The summed E-state index contributed by atoms with van der Waals surface area (Å²) in [6.07, 6.45) is 12.5. The van der Waals surface area contributed by atoms with Crippen LogP contribution in [0.3, 0.4) is 0 Å². The van der Waals surface area contributed by atoms with Gasteiger partial charge in [-0.15, -0.1) is 0 Å². The van der Waals surface area contributed by atoms with Crippen molar-refractivity contribution in [2.45, 2.75) is 184 Å². The largest absolute Gasteiger partial charge is 0.454 e. The maximum atomic E-state index is 14.6. The summed E-state index contributed by atoms with van der Waals surface area (Å²) in [5.41, 5.74) is -5.03. The maximum absolute atomic E-state index is 14.6.